The number of carbonyl (C=O) groups is 1. The second kappa shape index (κ2) is 6.35. The van der Waals surface area contributed by atoms with Gasteiger partial charge in [-0.25, -0.2) is 13.2 Å². The van der Waals surface area contributed by atoms with E-state index >= 15 is 0 Å². The van der Waals surface area contributed by atoms with Gasteiger partial charge in [-0.15, -0.1) is 11.3 Å². The SMILES string of the molecule is Cc1cc(C(=O)N(CC(F)F)C2CC2)sc1-c1ccc(F)cc1. The van der Waals surface area contributed by atoms with Gasteiger partial charge in [-0.1, -0.05) is 12.1 Å². The molecule has 1 saturated carbocycles. The number of carbonyl (C=O) groups excluding carboxylic acids is 1. The van der Waals surface area contributed by atoms with Crippen molar-refractivity contribution in [1.82, 2.24) is 4.90 Å². The first-order valence-electron chi connectivity index (χ1n) is 7.41. The van der Waals surface area contributed by atoms with Crippen molar-refractivity contribution >= 4 is 17.2 Å². The summed E-state index contributed by atoms with van der Waals surface area (Å²) in [6.07, 6.45) is -0.960. The van der Waals surface area contributed by atoms with Crippen LogP contribution in [0.4, 0.5) is 13.2 Å². The summed E-state index contributed by atoms with van der Waals surface area (Å²) >= 11 is 1.27. The molecule has 0 N–H and O–H groups in total. The van der Waals surface area contributed by atoms with Crippen LogP contribution in [-0.4, -0.2) is 29.8 Å². The predicted molar refractivity (Wildman–Crippen MR) is 84.5 cm³/mol. The highest BCUT2D eigenvalue weighted by Crippen LogP contribution is 2.35. The van der Waals surface area contributed by atoms with Crippen molar-refractivity contribution in [1.29, 1.82) is 0 Å². The average molecular weight is 339 g/mol. The maximum atomic E-state index is 13.0. The fraction of sp³-hybridized carbons (Fsp3) is 0.353. The van der Waals surface area contributed by atoms with E-state index in [1.807, 2.05) is 6.92 Å². The number of rotatable bonds is 5. The van der Waals surface area contributed by atoms with Crippen molar-refractivity contribution in [3.63, 3.8) is 0 Å². The quantitative estimate of drug-likeness (QED) is 0.771. The molecular weight excluding hydrogens is 323 g/mol. The van der Waals surface area contributed by atoms with Gasteiger partial charge in [0.05, 0.1) is 11.4 Å². The van der Waals surface area contributed by atoms with Crippen molar-refractivity contribution in [2.75, 3.05) is 6.54 Å². The molecule has 1 aliphatic carbocycles. The molecule has 0 saturated heterocycles. The number of benzene rings is 1. The van der Waals surface area contributed by atoms with E-state index in [1.54, 1.807) is 18.2 Å². The van der Waals surface area contributed by atoms with Gasteiger partial charge in [-0.3, -0.25) is 4.79 Å². The Morgan fingerprint density at radius 1 is 1.30 bits per heavy atom. The molecule has 23 heavy (non-hydrogen) atoms. The Hall–Kier alpha value is -1.82. The molecule has 1 amide bonds. The zero-order chi connectivity index (χ0) is 16.6. The van der Waals surface area contributed by atoms with Crippen molar-refractivity contribution in [3.8, 4) is 10.4 Å². The maximum absolute atomic E-state index is 13.0. The Balaban J connectivity index is 1.87. The lowest BCUT2D eigenvalue weighted by Gasteiger charge is -2.21. The molecular formula is C17H16F3NOS. The smallest absolute Gasteiger partial charge is 0.264 e. The summed E-state index contributed by atoms with van der Waals surface area (Å²) in [5, 5.41) is 0. The first kappa shape index (κ1) is 16.1. The summed E-state index contributed by atoms with van der Waals surface area (Å²) in [7, 11) is 0. The number of thiophene rings is 1. The molecule has 1 aromatic heterocycles. The molecule has 1 aliphatic rings. The van der Waals surface area contributed by atoms with Crippen LogP contribution in [0.3, 0.4) is 0 Å². The Morgan fingerprint density at radius 3 is 2.52 bits per heavy atom. The predicted octanol–water partition coefficient (Wildman–Crippen LogP) is 4.73. The van der Waals surface area contributed by atoms with E-state index in [4.69, 9.17) is 0 Å². The molecule has 1 fully saturated rings. The van der Waals surface area contributed by atoms with Crippen LogP contribution in [0, 0.1) is 12.7 Å². The largest absolute Gasteiger partial charge is 0.329 e. The minimum atomic E-state index is -2.53. The van der Waals surface area contributed by atoms with Crippen LogP contribution in [-0.2, 0) is 0 Å². The van der Waals surface area contributed by atoms with Gasteiger partial charge in [-0.05, 0) is 49.1 Å². The summed E-state index contributed by atoms with van der Waals surface area (Å²) in [5.41, 5.74) is 1.71. The molecule has 0 atom stereocenters. The minimum absolute atomic E-state index is 0.0619. The van der Waals surface area contributed by atoms with E-state index in [-0.39, 0.29) is 17.8 Å². The monoisotopic (exact) mass is 339 g/mol. The molecule has 0 radical (unpaired) electrons. The van der Waals surface area contributed by atoms with E-state index in [2.05, 4.69) is 0 Å². The second-order valence-corrected chi connectivity index (χ2v) is 6.76. The van der Waals surface area contributed by atoms with Crippen molar-refractivity contribution in [3.05, 3.63) is 46.6 Å². The zero-order valence-corrected chi connectivity index (χ0v) is 13.4. The lowest BCUT2D eigenvalue weighted by atomic mass is 10.1. The van der Waals surface area contributed by atoms with Crippen molar-refractivity contribution < 1.29 is 18.0 Å². The summed E-state index contributed by atoms with van der Waals surface area (Å²) in [6, 6.07) is 7.70. The lowest BCUT2D eigenvalue weighted by molar-refractivity contribution is 0.0538. The number of aryl methyl sites for hydroxylation is 1. The highest BCUT2D eigenvalue weighted by Gasteiger charge is 2.35. The third kappa shape index (κ3) is 3.58. The topological polar surface area (TPSA) is 20.3 Å². The van der Waals surface area contributed by atoms with Crippen LogP contribution in [0.15, 0.2) is 30.3 Å². The van der Waals surface area contributed by atoms with Gasteiger partial charge in [-0.2, -0.15) is 0 Å². The summed E-state index contributed by atoms with van der Waals surface area (Å²) in [4.78, 5) is 15.2. The molecule has 0 aliphatic heterocycles. The first-order valence-corrected chi connectivity index (χ1v) is 8.23. The van der Waals surface area contributed by atoms with Gasteiger partial charge in [0.25, 0.3) is 12.3 Å². The normalized spacial score (nSPS) is 14.3. The van der Waals surface area contributed by atoms with Crippen LogP contribution in [0.2, 0.25) is 0 Å². The summed E-state index contributed by atoms with van der Waals surface area (Å²) in [6.45, 7) is 1.34. The van der Waals surface area contributed by atoms with E-state index in [9.17, 15) is 18.0 Å². The number of hydrogen-bond donors (Lipinski definition) is 0. The molecule has 0 bridgehead atoms. The highest BCUT2D eigenvalue weighted by atomic mass is 32.1. The molecule has 0 spiro atoms. The molecule has 122 valence electrons. The van der Waals surface area contributed by atoms with E-state index in [0.717, 1.165) is 28.8 Å². The van der Waals surface area contributed by atoms with Gasteiger partial charge in [0.15, 0.2) is 0 Å². The Morgan fingerprint density at radius 2 is 1.96 bits per heavy atom. The van der Waals surface area contributed by atoms with Crippen LogP contribution < -0.4 is 0 Å². The number of nitrogens with zero attached hydrogens (tertiary/aromatic N) is 1. The average Bonchev–Trinajstić information content (AvgIpc) is 3.27. The Kier molecular flexibility index (Phi) is 4.43. The molecule has 2 nitrogen and oxygen atoms in total. The summed E-state index contributed by atoms with van der Waals surface area (Å²) in [5.74, 6) is -0.662. The Labute approximate surface area is 136 Å². The minimum Gasteiger partial charge on any atom is -0.329 e. The molecule has 0 unspecified atom stereocenters. The van der Waals surface area contributed by atoms with Crippen molar-refractivity contribution in [2.45, 2.75) is 32.2 Å². The fourth-order valence-electron chi connectivity index (χ4n) is 2.55. The van der Waals surface area contributed by atoms with Gasteiger partial charge in [0.2, 0.25) is 0 Å². The van der Waals surface area contributed by atoms with Gasteiger partial charge in [0.1, 0.15) is 5.82 Å². The van der Waals surface area contributed by atoms with Crippen LogP contribution in [0.5, 0.6) is 0 Å². The molecule has 1 heterocycles. The third-order valence-corrected chi connectivity index (χ3v) is 5.09. The first-order chi connectivity index (χ1) is 11.0. The van der Waals surface area contributed by atoms with Crippen molar-refractivity contribution in [2.24, 2.45) is 0 Å². The lowest BCUT2D eigenvalue weighted by Crippen LogP contribution is -2.36. The Bertz CT molecular complexity index is 707. The number of alkyl halides is 2. The number of halogens is 3. The van der Waals surface area contributed by atoms with Crippen LogP contribution >= 0.6 is 11.3 Å². The molecule has 2 aromatic rings. The molecule has 6 heteroatoms. The van der Waals surface area contributed by atoms with Gasteiger partial charge < -0.3 is 4.90 Å². The molecule has 1 aromatic carbocycles. The fourth-order valence-corrected chi connectivity index (χ4v) is 3.68. The van der Waals surface area contributed by atoms with Crippen LogP contribution in [0.25, 0.3) is 10.4 Å². The zero-order valence-electron chi connectivity index (χ0n) is 12.6. The summed E-state index contributed by atoms with van der Waals surface area (Å²) < 4.78 is 38.5. The molecule has 3 rings (SSSR count). The number of hydrogen-bond acceptors (Lipinski definition) is 2. The van der Waals surface area contributed by atoms with Gasteiger partial charge >= 0.3 is 0 Å². The highest BCUT2D eigenvalue weighted by molar-refractivity contribution is 7.17. The van der Waals surface area contributed by atoms with Gasteiger partial charge in [0, 0.05) is 10.9 Å². The second-order valence-electron chi connectivity index (χ2n) is 5.71. The van der Waals surface area contributed by atoms with E-state index < -0.39 is 13.0 Å². The number of amides is 1. The van der Waals surface area contributed by atoms with Crippen LogP contribution in [0.1, 0.15) is 28.1 Å². The van der Waals surface area contributed by atoms with E-state index in [0.29, 0.717) is 4.88 Å². The standard InChI is InChI=1S/C17H16F3NOS/c1-10-8-14(17(22)21(9-15(19)20)13-6-7-13)23-16(10)11-2-4-12(18)5-3-11/h2-5,8,13,15H,6-7,9H2,1H3. The maximum Gasteiger partial charge on any atom is 0.264 e. The third-order valence-electron chi connectivity index (χ3n) is 3.82. The van der Waals surface area contributed by atoms with E-state index in [1.165, 1.54) is 28.4 Å².